The topological polar surface area (TPSA) is 51.2 Å². The molecule has 3 rings (SSSR count). The Balaban J connectivity index is 2.02. The van der Waals surface area contributed by atoms with Crippen LogP contribution >= 0.6 is 0 Å². The summed E-state index contributed by atoms with van der Waals surface area (Å²) in [7, 11) is 1.36. The molecule has 3 aromatic rings. The number of methoxy groups -OCH3 is 1. The lowest BCUT2D eigenvalue weighted by molar-refractivity contribution is 0.0594. The van der Waals surface area contributed by atoms with Crippen LogP contribution in [0.15, 0.2) is 54.6 Å². The number of hydrogen-bond acceptors (Lipinski definition) is 4. The highest BCUT2D eigenvalue weighted by Gasteiger charge is 2.12. The van der Waals surface area contributed by atoms with Crippen molar-refractivity contribution < 1.29 is 9.53 Å². The highest BCUT2D eigenvalue weighted by Crippen LogP contribution is 2.27. The lowest BCUT2D eigenvalue weighted by Gasteiger charge is -2.12. The molecule has 1 N–H and O–H groups in total. The van der Waals surface area contributed by atoms with Crippen LogP contribution in [0.2, 0.25) is 0 Å². The van der Waals surface area contributed by atoms with E-state index in [1.165, 1.54) is 12.7 Å². The number of carbonyl (C=O) groups excluding carboxylic acids is 1. The molecule has 0 aliphatic heterocycles. The molecular weight excluding hydrogens is 300 g/mol. The summed E-state index contributed by atoms with van der Waals surface area (Å²) >= 11 is 0. The number of carbonyl (C=O) groups is 1. The SMILES string of the molecule is COC(=O)c1cc(Nc2ccc(C(C)C)cc2)c2ccccc2n1. The summed E-state index contributed by atoms with van der Waals surface area (Å²) in [5.74, 6) is 0.0469. The van der Waals surface area contributed by atoms with Gasteiger partial charge >= 0.3 is 5.97 Å². The molecule has 122 valence electrons. The number of pyridine rings is 1. The van der Waals surface area contributed by atoms with Crippen LogP contribution in [0.1, 0.15) is 35.8 Å². The highest BCUT2D eigenvalue weighted by molar-refractivity contribution is 5.98. The van der Waals surface area contributed by atoms with Gasteiger partial charge in [-0.2, -0.15) is 0 Å². The molecule has 0 aliphatic carbocycles. The summed E-state index contributed by atoms with van der Waals surface area (Å²) in [5.41, 5.74) is 4.12. The molecule has 0 unspecified atom stereocenters. The van der Waals surface area contributed by atoms with Crippen molar-refractivity contribution in [3.63, 3.8) is 0 Å². The predicted octanol–water partition coefficient (Wildman–Crippen LogP) is 4.89. The minimum Gasteiger partial charge on any atom is -0.464 e. The number of ether oxygens (including phenoxy) is 1. The van der Waals surface area contributed by atoms with Gasteiger partial charge in [0, 0.05) is 11.1 Å². The average Bonchev–Trinajstić information content (AvgIpc) is 2.61. The second kappa shape index (κ2) is 6.71. The minimum atomic E-state index is -0.445. The van der Waals surface area contributed by atoms with Crippen LogP contribution in [-0.2, 0) is 4.74 Å². The Hall–Kier alpha value is -2.88. The van der Waals surface area contributed by atoms with Crippen LogP contribution in [0.5, 0.6) is 0 Å². The lowest BCUT2D eigenvalue weighted by Crippen LogP contribution is -2.06. The Morgan fingerprint density at radius 1 is 1.08 bits per heavy atom. The number of hydrogen-bond donors (Lipinski definition) is 1. The van der Waals surface area contributed by atoms with Crippen LogP contribution in [0, 0.1) is 0 Å². The van der Waals surface area contributed by atoms with Crippen LogP contribution in [0.25, 0.3) is 10.9 Å². The second-order valence-electron chi connectivity index (χ2n) is 5.97. The Morgan fingerprint density at radius 3 is 2.46 bits per heavy atom. The quantitative estimate of drug-likeness (QED) is 0.695. The third kappa shape index (κ3) is 3.23. The normalized spacial score (nSPS) is 10.8. The number of aromatic nitrogens is 1. The lowest BCUT2D eigenvalue weighted by atomic mass is 10.0. The summed E-state index contributed by atoms with van der Waals surface area (Å²) in [5, 5.41) is 4.34. The first-order valence-corrected chi connectivity index (χ1v) is 7.93. The molecule has 0 radical (unpaired) electrons. The molecule has 1 aromatic heterocycles. The van der Waals surface area contributed by atoms with Gasteiger partial charge in [-0.05, 0) is 35.7 Å². The minimum absolute atomic E-state index is 0.289. The van der Waals surface area contributed by atoms with Gasteiger partial charge in [0.15, 0.2) is 5.69 Å². The summed E-state index contributed by atoms with van der Waals surface area (Å²) < 4.78 is 4.80. The maximum Gasteiger partial charge on any atom is 0.356 e. The fourth-order valence-electron chi connectivity index (χ4n) is 2.59. The number of fused-ring (bicyclic) bond motifs is 1. The van der Waals surface area contributed by atoms with E-state index in [9.17, 15) is 4.79 Å². The van der Waals surface area contributed by atoms with Crippen molar-refractivity contribution in [1.82, 2.24) is 4.98 Å². The van der Waals surface area contributed by atoms with Gasteiger partial charge in [0.05, 0.1) is 18.3 Å². The van der Waals surface area contributed by atoms with E-state index >= 15 is 0 Å². The second-order valence-corrected chi connectivity index (χ2v) is 5.97. The maximum atomic E-state index is 11.9. The third-order valence-electron chi connectivity index (χ3n) is 3.97. The zero-order valence-corrected chi connectivity index (χ0v) is 14.0. The molecule has 0 atom stereocenters. The summed E-state index contributed by atoms with van der Waals surface area (Å²) in [6.45, 7) is 4.34. The number of nitrogens with zero attached hydrogens (tertiary/aromatic N) is 1. The van der Waals surface area contributed by atoms with E-state index < -0.39 is 5.97 Å². The number of esters is 1. The Morgan fingerprint density at radius 2 is 1.79 bits per heavy atom. The van der Waals surface area contributed by atoms with Crippen molar-refractivity contribution in [2.24, 2.45) is 0 Å². The van der Waals surface area contributed by atoms with Crippen LogP contribution < -0.4 is 5.32 Å². The number of nitrogens with one attached hydrogen (secondary N) is 1. The summed E-state index contributed by atoms with van der Waals surface area (Å²) in [4.78, 5) is 16.2. The monoisotopic (exact) mass is 320 g/mol. The zero-order valence-electron chi connectivity index (χ0n) is 14.0. The van der Waals surface area contributed by atoms with Crippen LogP contribution in [-0.4, -0.2) is 18.1 Å². The van der Waals surface area contributed by atoms with E-state index in [4.69, 9.17) is 4.74 Å². The number of benzene rings is 2. The highest BCUT2D eigenvalue weighted by atomic mass is 16.5. The predicted molar refractivity (Wildman–Crippen MR) is 96.9 cm³/mol. The molecule has 0 aliphatic rings. The fourth-order valence-corrected chi connectivity index (χ4v) is 2.59. The van der Waals surface area contributed by atoms with Gasteiger partial charge in [0.2, 0.25) is 0 Å². The molecule has 0 saturated heterocycles. The van der Waals surface area contributed by atoms with E-state index in [0.717, 1.165) is 22.3 Å². The standard InChI is InChI=1S/C20H20N2O2/c1-13(2)14-8-10-15(11-9-14)21-18-12-19(20(23)24-3)22-17-7-5-4-6-16(17)18/h4-13H,1-3H3,(H,21,22). The van der Waals surface area contributed by atoms with Crippen molar-refractivity contribution >= 4 is 28.2 Å². The zero-order chi connectivity index (χ0) is 17.1. The van der Waals surface area contributed by atoms with Gasteiger partial charge in [-0.3, -0.25) is 0 Å². The fraction of sp³-hybridized carbons (Fsp3) is 0.200. The van der Waals surface area contributed by atoms with Gasteiger partial charge < -0.3 is 10.1 Å². The summed E-state index contributed by atoms with van der Waals surface area (Å²) in [6.07, 6.45) is 0. The first-order chi connectivity index (χ1) is 11.6. The molecule has 0 bridgehead atoms. The molecule has 2 aromatic carbocycles. The summed E-state index contributed by atoms with van der Waals surface area (Å²) in [6, 6.07) is 17.7. The van der Waals surface area contributed by atoms with Gasteiger partial charge in [0.25, 0.3) is 0 Å². The van der Waals surface area contributed by atoms with E-state index in [0.29, 0.717) is 5.92 Å². The molecule has 0 fully saturated rings. The van der Waals surface area contributed by atoms with Crippen molar-refractivity contribution in [2.45, 2.75) is 19.8 Å². The van der Waals surface area contributed by atoms with E-state index in [2.05, 4.69) is 36.3 Å². The molecule has 0 saturated carbocycles. The van der Waals surface area contributed by atoms with Crippen molar-refractivity contribution in [3.05, 3.63) is 65.9 Å². The van der Waals surface area contributed by atoms with Gasteiger partial charge in [-0.1, -0.05) is 44.2 Å². The van der Waals surface area contributed by atoms with Gasteiger partial charge in [-0.25, -0.2) is 9.78 Å². The Kier molecular flexibility index (Phi) is 4.47. The molecule has 0 amide bonds. The van der Waals surface area contributed by atoms with Crippen LogP contribution in [0.4, 0.5) is 11.4 Å². The number of para-hydroxylation sites is 1. The van der Waals surface area contributed by atoms with Crippen LogP contribution in [0.3, 0.4) is 0 Å². The molecule has 4 heteroatoms. The Bertz CT molecular complexity index is 870. The molecule has 1 heterocycles. The smallest absolute Gasteiger partial charge is 0.356 e. The molecule has 0 spiro atoms. The van der Waals surface area contributed by atoms with E-state index in [1.54, 1.807) is 6.07 Å². The maximum absolute atomic E-state index is 11.9. The number of rotatable bonds is 4. The molecule has 24 heavy (non-hydrogen) atoms. The van der Waals surface area contributed by atoms with Gasteiger partial charge in [0.1, 0.15) is 0 Å². The third-order valence-corrected chi connectivity index (χ3v) is 3.97. The van der Waals surface area contributed by atoms with E-state index in [1.807, 2.05) is 36.4 Å². The van der Waals surface area contributed by atoms with Crippen molar-refractivity contribution in [2.75, 3.05) is 12.4 Å². The number of anilines is 2. The first kappa shape index (κ1) is 16.0. The molecular formula is C20H20N2O2. The van der Waals surface area contributed by atoms with Crippen molar-refractivity contribution in [3.8, 4) is 0 Å². The molecule has 4 nitrogen and oxygen atoms in total. The average molecular weight is 320 g/mol. The van der Waals surface area contributed by atoms with Crippen molar-refractivity contribution in [1.29, 1.82) is 0 Å². The van der Waals surface area contributed by atoms with Gasteiger partial charge in [-0.15, -0.1) is 0 Å². The first-order valence-electron chi connectivity index (χ1n) is 7.93. The Labute approximate surface area is 141 Å². The van der Waals surface area contributed by atoms with E-state index in [-0.39, 0.29) is 5.69 Å². The largest absolute Gasteiger partial charge is 0.464 e.